The van der Waals surface area contributed by atoms with Gasteiger partial charge in [-0.15, -0.1) is 0 Å². The highest BCUT2D eigenvalue weighted by atomic mass is 15.1. The summed E-state index contributed by atoms with van der Waals surface area (Å²) in [6, 6.07) is 6.14. The van der Waals surface area contributed by atoms with Crippen molar-refractivity contribution in [3.8, 4) is 0 Å². The molecule has 0 amide bonds. The molecule has 0 aliphatic heterocycles. The van der Waals surface area contributed by atoms with Crippen LogP contribution in [0.2, 0.25) is 0 Å². The van der Waals surface area contributed by atoms with Crippen LogP contribution in [0.1, 0.15) is 25.0 Å². The fourth-order valence-corrected chi connectivity index (χ4v) is 2.27. The summed E-state index contributed by atoms with van der Waals surface area (Å²) >= 11 is 0. The van der Waals surface area contributed by atoms with Gasteiger partial charge in [0.25, 0.3) is 0 Å². The topological polar surface area (TPSA) is 41.1 Å². The number of rotatable bonds is 7. The van der Waals surface area contributed by atoms with Crippen LogP contribution >= 0.6 is 0 Å². The molecule has 4 heteroatoms. The van der Waals surface area contributed by atoms with Crippen LogP contribution in [0.4, 0.5) is 5.69 Å². The number of nitrogens with one attached hydrogen (secondary N) is 1. The number of hydrogen-bond donors (Lipinski definition) is 1. The van der Waals surface area contributed by atoms with Gasteiger partial charge in [-0.3, -0.25) is 9.97 Å². The smallest absolute Gasteiger partial charge is 0.0443 e. The summed E-state index contributed by atoms with van der Waals surface area (Å²) < 4.78 is 0. The molecule has 0 aliphatic carbocycles. The van der Waals surface area contributed by atoms with Crippen molar-refractivity contribution < 1.29 is 0 Å². The number of nitrogens with zero attached hydrogens (tertiary/aromatic N) is 3. The summed E-state index contributed by atoms with van der Waals surface area (Å²) in [7, 11) is 2.11. The minimum Gasteiger partial charge on any atom is -0.370 e. The zero-order valence-corrected chi connectivity index (χ0v) is 13.1. The standard InChI is InChI=1S/C17H24N4/c1-14(2)9-20-12-16-11-19-8-6-17(16)21(3)13-15-5-4-7-18-10-15/h4-8,10-11,14,20H,9,12-13H2,1-3H3. The molecule has 0 aliphatic rings. The second-order valence-corrected chi connectivity index (χ2v) is 5.75. The third kappa shape index (κ3) is 4.83. The van der Waals surface area contributed by atoms with Crippen molar-refractivity contribution >= 4 is 5.69 Å². The minimum atomic E-state index is 0.651. The van der Waals surface area contributed by atoms with E-state index in [1.165, 1.54) is 16.8 Å². The Hall–Kier alpha value is -1.94. The van der Waals surface area contributed by atoms with Gasteiger partial charge in [0.1, 0.15) is 0 Å². The molecule has 2 aromatic rings. The zero-order valence-electron chi connectivity index (χ0n) is 13.1. The number of anilines is 1. The highest BCUT2D eigenvalue weighted by Crippen LogP contribution is 2.19. The van der Waals surface area contributed by atoms with Gasteiger partial charge in [-0.25, -0.2) is 0 Å². The SMILES string of the molecule is CC(C)CNCc1cnccc1N(C)Cc1cccnc1. The quantitative estimate of drug-likeness (QED) is 0.849. The normalized spacial score (nSPS) is 10.9. The molecule has 2 heterocycles. The number of aromatic nitrogens is 2. The molecule has 2 rings (SSSR count). The van der Waals surface area contributed by atoms with E-state index in [-0.39, 0.29) is 0 Å². The van der Waals surface area contributed by atoms with E-state index in [2.05, 4.69) is 53.2 Å². The van der Waals surface area contributed by atoms with E-state index >= 15 is 0 Å². The molecule has 0 saturated heterocycles. The van der Waals surface area contributed by atoms with Gasteiger partial charge in [0.15, 0.2) is 0 Å². The van der Waals surface area contributed by atoms with E-state index in [1.807, 2.05) is 24.7 Å². The molecule has 0 radical (unpaired) electrons. The average Bonchev–Trinajstić information content (AvgIpc) is 2.48. The first kappa shape index (κ1) is 15.4. The molecule has 4 nitrogen and oxygen atoms in total. The van der Waals surface area contributed by atoms with Crippen molar-refractivity contribution in [1.29, 1.82) is 0 Å². The molecule has 21 heavy (non-hydrogen) atoms. The predicted molar refractivity (Wildman–Crippen MR) is 87.1 cm³/mol. The van der Waals surface area contributed by atoms with Crippen molar-refractivity contribution in [1.82, 2.24) is 15.3 Å². The summed E-state index contributed by atoms with van der Waals surface area (Å²) in [5, 5.41) is 3.48. The fraction of sp³-hybridized carbons (Fsp3) is 0.412. The summed E-state index contributed by atoms with van der Waals surface area (Å²) in [5.74, 6) is 0.651. The van der Waals surface area contributed by atoms with Crippen LogP contribution in [-0.2, 0) is 13.1 Å². The summed E-state index contributed by atoms with van der Waals surface area (Å²) in [4.78, 5) is 10.7. The van der Waals surface area contributed by atoms with E-state index in [1.54, 1.807) is 6.20 Å². The lowest BCUT2D eigenvalue weighted by Crippen LogP contribution is -2.23. The Morgan fingerprint density at radius 1 is 1.14 bits per heavy atom. The number of hydrogen-bond acceptors (Lipinski definition) is 4. The highest BCUT2D eigenvalue weighted by Gasteiger charge is 2.08. The first-order chi connectivity index (χ1) is 10.2. The van der Waals surface area contributed by atoms with Crippen LogP contribution in [-0.4, -0.2) is 23.6 Å². The lowest BCUT2D eigenvalue weighted by atomic mass is 10.1. The molecule has 0 bridgehead atoms. The van der Waals surface area contributed by atoms with Gasteiger partial charge in [-0.2, -0.15) is 0 Å². The third-order valence-electron chi connectivity index (χ3n) is 3.30. The Kier molecular flexibility index (Phi) is 5.69. The maximum Gasteiger partial charge on any atom is 0.0443 e. The van der Waals surface area contributed by atoms with Gasteiger partial charge in [0.2, 0.25) is 0 Å². The monoisotopic (exact) mass is 284 g/mol. The van der Waals surface area contributed by atoms with E-state index in [4.69, 9.17) is 0 Å². The average molecular weight is 284 g/mol. The second kappa shape index (κ2) is 7.74. The van der Waals surface area contributed by atoms with Crippen molar-refractivity contribution in [2.45, 2.75) is 26.9 Å². The van der Waals surface area contributed by atoms with E-state index in [9.17, 15) is 0 Å². The van der Waals surface area contributed by atoms with Crippen LogP contribution in [0, 0.1) is 5.92 Å². The molecule has 2 aromatic heterocycles. The molecule has 0 fully saturated rings. The molecule has 1 N–H and O–H groups in total. The lowest BCUT2D eigenvalue weighted by Gasteiger charge is -2.22. The first-order valence-electron chi connectivity index (χ1n) is 7.40. The molecule has 0 saturated carbocycles. The van der Waals surface area contributed by atoms with Crippen LogP contribution in [0.15, 0.2) is 43.0 Å². The Morgan fingerprint density at radius 2 is 1.95 bits per heavy atom. The Labute approximate surface area is 127 Å². The summed E-state index contributed by atoms with van der Waals surface area (Å²) in [6.45, 7) is 7.13. The van der Waals surface area contributed by atoms with E-state index < -0.39 is 0 Å². The van der Waals surface area contributed by atoms with Gasteiger partial charge in [0.05, 0.1) is 0 Å². The van der Waals surface area contributed by atoms with Gasteiger partial charge >= 0.3 is 0 Å². The molecule has 112 valence electrons. The molecule has 0 unspecified atom stereocenters. The van der Waals surface area contributed by atoms with Gasteiger partial charge < -0.3 is 10.2 Å². The number of pyridine rings is 2. The van der Waals surface area contributed by atoms with E-state index in [0.717, 1.165) is 19.6 Å². The Morgan fingerprint density at radius 3 is 2.67 bits per heavy atom. The van der Waals surface area contributed by atoms with E-state index in [0.29, 0.717) is 5.92 Å². The van der Waals surface area contributed by atoms with Gasteiger partial charge in [-0.1, -0.05) is 19.9 Å². The van der Waals surface area contributed by atoms with Crippen molar-refractivity contribution in [2.75, 3.05) is 18.5 Å². The van der Waals surface area contributed by atoms with Crippen LogP contribution in [0.25, 0.3) is 0 Å². The van der Waals surface area contributed by atoms with Crippen LogP contribution in [0.3, 0.4) is 0 Å². The molecule has 0 aromatic carbocycles. The zero-order chi connectivity index (χ0) is 15.1. The van der Waals surface area contributed by atoms with Crippen LogP contribution in [0.5, 0.6) is 0 Å². The molecular weight excluding hydrogens is 260 g/mol. The van der Waals surface area contributed by atoms with Gasteiger partial charge in [-0.05, 0) is 30.2 Å². The maximum absolute atomic E-state index is 4.25. The Balaban J connectivity index is 2.04. The summed E-state index contributed by atoms with van der Waals surface area (Å²) in [6.07, 6.45) is 7.51. The predicted octanol–water partition coefficient (Wildman–Crippen LogP) is 2.86. The Bertz CT molecular complexity index is 539. The lowest BCUT2D eigenvalue weighted by molar-refractivity contribution is 0.551. The first-order valence-corrected chi connectivity index (χ1v) is 7.40. The third-order valence-corrected chi connectivity index (χ3v) is 3.30. The van der Waals surface area contributed by atoms with Crippen molar-refractivity contribution in [2.24, 2.45) is 5.92 Å². The fourth-order valence-electron chi connectivity index (χ4n) is 2.27. The molecule has 0 atom stereocenters. The van der Waals surface area contributed by atoms with Crippen molar-refractivity contribution in [3.05, 3.63) is 54.1 Å². The van der Waals surface area contributed by atoms with Crippen LogP contribution < -0.4 is 10.2 Å². The highest BCUT2D eigenvalue weighted by molar-refractivity contribution is 5.51. The van der Waals surface area contributed by atoms with Crippen molar-refractivity contribution in [3.63, 3.8) is 0 Å². The largest absolute Gasteiger partial charge is 0.370 e. The molecular formula is C17H24N4. The minimum absolute atomic E-state index is 0.651. The molecule has 0 spiro atoms. The second-order valence-electron chi connectivity index (χ2n) is 5.75. The maximum atomic E-state index is 4.25. The van der Waals surface area contributed by atoms with Gasteiger partial charge in [0, 0.05) is 56.2 Å². The summed E-state index contributed by atoms with van der Waals surface area (Å²) in [5.41, 5.74) is 3.65.